The third-order valence-corrected chi connectivity index (χ3v) is 4.57. The molecule has 1 heterocycles. The van der Waals surface area contributed by atoms with Crippen LogP contribution in [0, 0.1) is 0 Å². The van der Waals surface area contributed by atoms with E-state index in [2.05, 4.69) is 23.0 Å². The molecule has 5 heteroatoms. The number of hydrogen-bond acceptors (Lipinski definition) is 5. The van der Waals surface area contributed by atoms with E-state index in [-0.39, 0.29) is 11.6 Å². The van der Waals surface area contributed by atoms with Crippen molar-refractivity contribution in [3.63, 3.8) is 0 Å². The van der Waals surface area contributed by atoms with Crippen molar-refractivity contribution in [2.45, 2.75) is 19.8 Å². The molecule has 0 bridgehead atoms. The van der Waals surface area contributed by atoms with E-state index in [1.54, 1.807) is 0 Å². The summed E-state index contributed by atoms with van der Waals surface area (Å²) >= 11 is 0. The van der Waals surface area contributed by atoms with Gasteiger partial charge in [-0.05, 0) is 53.6 Å². The average molecular weight is 386 g/mol. The van der Waals surface area contributed by atoms with Crippen molar-refractivity contribution in [1.29, 1.82) is 0 Å². The Morgan fingerprint density at radius 1 is 1.03 bits per heavy atom. The molecule has 1 aromatic heterocycles. The van der Waals surface area contributed by atoms with Gasteiger partial charge in [0, 0.05) is 5.56 Å². The fourth-order valence-electron chi connectivity index (χ4n) is 2.95. The molecule has 0 spiro atoms. The van der Waals surface area contributed by atoms with Crippen molar-refractivity contribution in [1.82, 2.24) is 4.98 Å². The number of ether oxygens (including phenoxy) is 1. The molecule has 0 saturated carbocycles. The van der Waals surface area contributed by atoms with E-state index in [1.807, 2.05) is 60.7 Å². The third-order valence-electron chi connectivity index (χ3n) is 4.57. The maximum Gasteiger partial charge on any atom is 0.312 e. The van der Waals surface area contributed by atoms with Gasteiger partial charge in [-0.2, -0.15) is 0 Å². The Morgan fingerprint density at radius 2 is 1.83 bits per heavy atom. The zero-order valence-corrected chi connectivity index (χ0v) is 16.2. The quantitative estimate of drug-likeness (QED) is 0.306. The van der Waals surface area contributed by atoms with Crippen LogP contribution in [0.4, 0.5) is 5.69 Å². The highest BCUT2D eigenvalue weighted by molar-refractivity contribution is 5.88. The molecule has 29 heavy (non-hydrogen) atoms. The van der Waals surface area contributed by atoms with Crippen LogP contribution >= 0.6 is 0 Å². The number of rotatable bonds is 7. The molecular formula is C24H22N2O3. The van der Waals surface area contributed by atoms with Gasteiger partial charge >= 0.3 is 5.95 Å². The highest BCUT2D eigenvalue weighted by Crippen LogP contribution is 2.28. The zero-order valence-electron chi connectivity index (χ0n) is 16.2. The number of aromatic hydroxyl groups is 1. The van der Waals surface area contributed by atoms with Crippen molar-refractivity contribution in [2.75, 3.05) is 6.61 Å². The Bertz CT molecular complexity index is 1130. The number of aliphatic imine (C=N–C) groups is 1. The summed E-state index contributed by atoms with van der Waals surface area (Å²) in [5.74, 6) is 0.881. The second-order valence-electron chi connectivity index (χ2n) is 6.73. The van der Waals surface area contributed by atoms with Crippen molar-refractivity contribution >= 4 is 22.7 Å². The summed E-state index contributed by atoms with van der Waals surface area (Å²) < 4.78 is 11.1. The Kier molecular flexibility index (Phi) is 5.56. The molecule has 0 saturated heterocycles. The highest BCUT2D eigenvalue weighted by Gasteiger charge is 2.12. The number of oxazole rings is 1. The van der Waals surface area contributed by atoms with Crippen molar-refractivity contribution in [2.24, 2.45) is 4.99 Å². The number of unbranched alkanes of at least 4 members (excludes halogenated alkanes) is 1. The van der Waals surface area contributed by atoms with Crippen LogP contribution < -0.4 is 4.74 Å². The SMILES string of the molecule is CCCCOc1ccc(-c2nc(C=Nc3ccc4ccccc4c3)c(O)o2)cc1. The maximum absolute atomic E-state index is 10.1. The molecule has 0 aliphatic carbocycles. The topological polar surface area (TPSA) is 67.9 Å². The van der Waals surface area contributed by atoms with E-state index < -0.39 is 0 Å². The first-order chi connectivity index (χ1) is 14.2. The minimum Gasteiger partial charge on any atom is -0.494 e. The summed E-state index contributed by atoms with van der Waals surface area (Å²) in [5.41, 5.74) is 1.83. The van der Waals surface area contributed by atoms with Crippen LogP contribution in [0.15, 0.2) is 76.1 Å². The number of hydrogen-bond donors (Lipinski definition) is 1. The van der Waals surface area contributed by atoms with Crippen molar-refractivity contribution in [3.05, 3.63) is 72.4 Å². The first-order valence-electron chi connectivity index (χ1n) is 9.69. The molecule has 0 radical (unpaired) electrons. The molecule has 0 amide bonds. The van der Waals surface area contributed by atoms with Gasteiger partial charge in [0.1, 0.15) is 5.75 Å². The van der Waals surface area contributed by atoms with Gasteiger partial charge in [0.25, 0.3) is 0 Å². The molecule has 0 unspecified atom stereocenters. The van der Waals surface area contributed by atoms with E-state index >= 15 is 0 Å². The fraction of sp³-hybridized carbons (Fsp3) is 0.167. The highest BCUT2D eigenvalue weighted by atomic mass is 16.5. The molecular weight excluding hydrogens is 364 g/mol. The first-order valence-corrected chi connectivity index (χ1v) is 9.69. The zero-order chi connectivity index (χ0) is 20.1. The summed E-state index contributed by atoms with van der Waals surface area (Å²) in [6.45, 7) is 2.83. The smallest absolute Gasteiger partial charge is 0.312 e. The summed E-state index contributed by atoms with van der Waals surface area (Å²) in [6, 6.07) is 21.5. The summed E-state index contributed by atoms with van der Waals surface area (Å²) in [5, 5.41) is 12.4. The minimum atomic E-state index is -0.257. The van der Waals surface area contributed by atoms with E-state index in [1.165, 1.54) is 6.21 Å². The van der Waals surface area contributed by atoms with Crippen LogP contribution in [0.25, 0.3) is 22.2 Å². The normalized spacial score (nSPS) is 11.3. The third kappa shape index (κ3) is 4.46. The lowest BCUT2D eigenvalue weighted by molar-refractivity contribution is 0.309. The van der Waals surface area contributed by atoms with Crippen LogP contribution in [0.5, 0.6) is 11.7 Å². The van der Waals surface area contributed by atoms with Crippen LogP contribution in [-0.4, -0.2) is 22.9 Å². The monoisotopic (exact) mass is 386 g/mol. The van der Waals surface area contributed by atoms with Crippen LogP contribution in [0.2, 0.25) is 0 Å². The molecule has 5 nitrogen and oxygen atoms in total. The van der Waals surface area contributed by atoms with Crippen LogP contribution in [-0.2, 0) is 0 Å². The average Bonchev–Trinajstić information content (AvgIpc) is 3.13. The van der Waals surface area contributed by atoms with Gasteiger partial charge in [-0.25, -0.2) is 4.98 Å². The second kappa shape index (κ2) is 8.61. The molecule has 4 rings (SSSR count). The van der Waals surface area contributed by atoms with Gasteiger partial charge in [0.15, 0.2) is 5.69 Å². The van der Waals surface area contributed by atoms with E-state index in [0.717, 1.165) is 40.6 Å². The fourth-order valence-corrected chi connectivity index (χ4v) is 2.95. The largest absolute Gasteiger partial charge is 0.494 e. The first kappa shape index (κ1) is 18.7. The predicted octanol–water partition coefficient (Wildman–Crippen LogP) is 6.13. The maximum atomic E-state index is 10.1. The van der Waals surface area contributed by atoms with Gasteiger partial charge in [0.05, 0.1) is 18.5 Å². The number of benzene rings is 3. The van der Waals surface area contributed by atoms with Gasteiger partial charge in [-0.15, -0.1) is 0 Å². The second-order valence-corrected chi connectivity index (χ2v) is 6.73. The lowest BCUT2D eigenvalue weighted by Crippen LogP contribution is -1.95. The van der Waals surface area contributed by atoms with E-state index in [4.69, 9.17) is 9.15 Å². The predicted molar refractivity (Wildman–Crippen MR) is 115 cm³/mol. The molecule has 4 aromatic rings. The molecule has 0 fully saturated rings. The standard InChI is InChI=1S/C24H22N2O3/c1-2-3-14-28-21-12-9-18(10-13-21)23-26-22(24(27)29-23)16-25-20-11-8-17-6-4-5-7-19(17)15-20/h4-13,15-16,27H,2-3,14H2,1H3. The Labute approximate surface area is 169 Å². The lowest BCUT2D eigenvalue weighted by atomic mass is 10.1. The number of nitrogens with zero attached hydrogens (tertiary/aromatic N) is 2. The van der Waals surface area contributed by atoms with Gasteiger partial charge in [-0.1, -0.05) is 43.7 Å². The van der Waals surface area contributed by atoms with Crippen LogP contribution in [0.3, 0.4) is 0 Å². The Balaban J connectivity index is 1.50. The van der Waals surface area contributed by atoms with Gasteiger partial charge < -0.3 is 14.3 Å². The molecule has 0 atom stereocenters. The molecule has 0 aliphatic rings. The number of aromatic nitrogens is 1. The van der Waals surface area contributed by atoms with E-state index in [0.29, 0.717) is 12.5 Å². The Hall–Kier alpha value is -3.60. The molecule has 146 valence electrons. The lowest BCUT2D eigenvalue weighted by Gasteiger charge is -2.05. The molecule has 3 aromatic carbocycles. The number of fused-ring (bicyclic) bond motifs is 1. The van der Waals surface area contributed by atoms with Crippen molar-refractivity contribution < 1.29 is 14.3 Å². The van der Waals surface area contributed by atoms with Gasteiger partial charge in [-0.3, -0.25) is 4.99 Å². The summed E-state index contributed by atoms with van der Waals surface area (Å²) in [6.07, 6.45) is 3.63. The van der Waals surface area contributed by atoms with Gasteiger partial charge in [0.2, 0.25) is 5.89 Å². The summed E-state index contributed by atoms with van der Waals surface area (Å²) in [4.78, 5) is 8.78. The minimum absolute atomic E-state index is 0.257. The summed E-state index contributed by atoms with van der Waals surface area (Å²) in [7, 11) is 0. The molecule has 1 N–H and O–H groups in total. The van der Waals surface area contributed by atoms with Crippen LogP contribution in [0.1, 0.15) is 25.5 Å². The Morgan fingerprint density at radius 3 is 2.62 bits per heavy atom. The molecule has 0 aliphatic heterocycles. The van der Waals surface area contributed by atoms with Crippen molar-refractivity contribution in [3.8, 4) is 23.1 Å². The van der Waals surface area contributed by atoms with E-state index in [9.17, 15) is 5.11 Å².